The second kappa shape index (κ2) is 9.96. The van der Waals surface area contributed by atoms with E-state index in [1.807, 2.05) is 0 Å². The van der Waals surface area contributed by atoms with Crippen LogP contribution in [0.15, 0.2) is 24.3 Å². The molecular weight excluding hydrogens is 416 g/mol. The molecule has 172 valence electrons. The van der Waals surface area contributed by atoms with Crippen LogP contribution in [0.2, 0.25) is 0 Å². The smallest absolute Gasteiger partial charge is 0.200 e. The number of fused-ring (bicyclic) bond motifs is 2. The minimum Gasteiger partial charge on any atom is -0.507 e. The number of nitrogens with two attached hydrogens (primary N) is 2. The summed E-state index contributed by atoms with van der Waals surface area (Å²) in [5.41, 5.74) is 12.1. The molecule has 0 bridgehead atoms. The van der Waals surface area contributed by atoms with Crippen LogP contribution in [0.25, 0.3) is 0 Å². The molecule has 0 saturated heterocycles. The maximum absolute atomic E-state index is 13.4. The lowest BCUT2D eigenvalue weighted by Gasteiger charge is -2.27. The molecule has 0 heterocycles. The van der Waals surface area contributed by atoms with Crippen molar-refractivity contribution in [3.63, 3.8) is 0 Å². The van der Waals surface area contributed by atoms with Crippen molar-refractivity contribution in [2.45, 2.75) is 38.0 Å². The van der Waals surface area contributed by atoms with Crippen LogP contribution >= 0.6 is 0 Å². The van der Waals surface area contributed by atoms with E-state index in [0.717, 1.165) is 12.1 Å². The van der Waals surface area contributed by atoms with Crippen molar-refractivity contribution in [2.75, 3.05) is 23.8 Å². The van der Waals surface area contributed by atoms with E-state index in [1.54, 1.807) is 12.1 Å². The Kier molecular flexibility index (Phi) is 7.31. The van der Waals surface area contributed by atoms with Gasteiger partial charge in [-0.3, -0.25) is 9.59 Å². The zero-order valence-electron chi connectivity index (χ0n) is 17.5. The highest BCUT2D eigenvalue weighted by Crippen LogP contribution is 2.42. The van der Waals surface area contributed by atoms with Crippen LogP contribution < -0.4 is 22.1 Å². The zero-order valence-corrected chi connectivity index (χ0v) is 17.5. The van der Waals surface area contributed by atoms with Gasteiger partial charge in [-0.05, 0) is 49.9 Å². The van der Waals surface area contributed by atoms with Crippen molar-refractivity contribution in [1.82, 2.24) is 0 Å². The molecule has 3 rings (SSSR count). The number of benzene rings is 2. The van der Waals surface area contributed by atoms with Crippen LogP contribution in [-0.4, -0.2) is 57.5 Å². The third-order valence-electron chi connectivity index (χ3n) is 5.30. The van der Waals surface area contributed by atoms with Gasteiger partial charge in [0, 0.05) is 24.6 Å². The molecule has 10 heteroatoms. The number of hydrogen-bond acceptors (Lipinski definition) is 10. The van der Waals surface area contributed by atoms with E-state index < -0.39 is 35.4 Å². The van der Waals surface area contributed by atoms with Gasteiger partial charge in [0.05, 0.1) is 34.6 Å². The van der Waals surface area contributed by atoms with E-state index in [9.17, 15) is 19.8 Å². The second-order valence-electron chi connectivity index (χ2n) is 7.66. The largest absolute Gasteiger partial charge is 0.507 e. The first kappa shape index (κ1) is 23.5. The summed E-state index contributed by atoms with van der Waals surface area (Å²) >= 11 is 0. The third-order valence-corrected chi connectivity index (χ3v) is 5.30. The number of nitrogens with one attached hydrogen (secondary N) is 2. The van der Waals surface area contributed by atoms with Crippen LogP contribution in [0.4, 0.5) is 11.4 Å². The highest BCUT2D eigenvalue weighted by molar-refractivity contribution is 6.33. The van der Waals surface area contributed by atoms with Gasteiger partial charge >= 0.3 is 0 Å². The molecule has 0 radical (unpaired) electrons. The van der Waals surface area contributed by atoms with Crippen LogP contribution in [0, 0.1) is 0 Å². The lowest BCUT2D eigenvalue weighted by molar-refractivity contribution is 0.0975. The first-order chi connectivity index (χ1) is 15.3. The van der Waals surface area contributed by atoms with E-state index in [0.29, 0.717) is 25.7 Å². The molecule has 2 atom stereocenters. The third kappa shape index (κ3) is 4.53. The van der Waals surface area contributed by atoms with E-state index in [4.69, 9.17) is 21.7 Å². The monoisotopic (exact) mass is 444 g/mol. The topological polar surface area (TPSA) is 191 Å². The summed E-state index contributed by atoms with van der Waals surface area (Å²) < 4.78 is 0. The molecule has 0 saturated carbocycles. The Balaban J connectivity index is 2.12. The number of carbonyl (C=O) groups excluding carboxylic acids is 2. The van der Waals surface area contributed by atoms with Crippen molar-refractivity contribution in [3.8, 4) is 11.5 Å². The number of phenolic OH excluding ortho intramolecular Hbond substituents is 2. The molecule has 0 aliphatic heterocycles. The van der Waals surface area contributed by atoms with Gasteiger partial charge in [-0.25, -0.2) is 0 Å². The SMILES string of the molecule is NC(CCCO)Nc1ccc(NC(N)CCCO)c2c1C(=O)c1c(O)ccc(O)c1C2=O. The van der Waals surface area contributed by atoms with Crippen molar-refractivity contribution < 1.29 is 30.0 Å². The Morgan fingerprint density at radius 3 is 1.41 bits per heavy atom. The molecule has 0 spiro atoms. The Bertz CT molecular complexity index is 946. The number of aliphatic hydroxyl groups excluding tert-OH is 2. The summed E-state index contributed by atoms with van der Waals surface area (Å²) in [6, 6.07) is 5.46. The average molecular weight is 444 g/mol. The minimum absolute atomic E-state index is 0.00204. The number of aromatic hydroxyl groups is 2. The van der Waals surface area contributed by atoms with Gasteiger partial charge < -0.3 is 42.5 Å². The number of aliphatic hydroxyl groups is 2. The highest BCUT2D eigenvalue weighted by Gasteiger charge is 2.38. The molecular formula is C22H28N4O6. The van der Waals surface area contributed by atoms with Gasteiger partial charge in [0.1, 0.15) is 11.5 Å². The summed E-state index contributed by atoms with van der Waals surface area (Å²) in [6.07, 6.45) is 0.530. The Morgan fingerprint density at radius 2 is 1.06 bits per heavy atom. The Hall–Kier alpha value is -3.18. The predicted molar refractivity (Wildman–Crippen MR) is 119 cm³/mol. The summed E-state index contributed by atoms with van der Waals surface area (Å²) in [6.45, 7) is -0.0833. The minimum atomic E-state index is -0.646. The summed E-state index contributed by atoms with van der Waals surface area (Å²) in [5.74, 6) is -2.13. The number of ketones is 2. The summed E-state index contributed by atoms with van der Waals surface area (Å²) in [7, 11) is 0. The molecule has 10 N–H and O–H groups in total. The first-order valence-electron chi connectivity index (χ1n) is 10.4. The number of hydrogen-bond donors (Lipinski definition) is 8. The van der Waals surface area contributed by atoms with Crippen molar-refractivity contribution in [2.24, 2.45) is 11.5 Å². The van der Waals surface area contributed by atoms with Crippen LogP contribution in [0.3, 0.4) is 0 Å². The number of anilines is 2. The molecule has 2 aromatic carbocycles. The number of rotatable bonds is 10. The molecule has 10 nitrogen and oxygen atoms in total. The second-order valence-corrected chi connectivity index (χ2v) is 7.66. The van der Waals surface area contributed by atoms with Crippen molar-refractivity contribution in [3.05, 3.63) is 46.5 Å². The standard InChI is InChI=1S/C22H28N4O6/c23-15(3-1-9-27)25-11-5-6-12(26-16(24)4-2-10-28)18-17(11)21(31)19-13(29)7-8-14(30)20(19)22(18)32/h5-8,15-16,25-30H,1-4,9-10,23-24H2. The molecule has 0 fully saturated rings. The number of carbonyl (C=O) groups is 2. The molecule has 0 aromatic heterocycles. The fourth-order valence-electron chi connectivity index (χ4n) is 3.77. The maximum Gasteiger partial charge on any atom is 0.200 e. The molecule has 0 amide bonds. The molecule has 1 aliphatic carbocycles. The van der Waals surface area contributed by atoms with Gasteiger partial charge in [-0.15, -0.1) is 0 Å². The highest BCUT2D eigenvalue weighted by atomic mass is 16.3. The van der Waals surface area contributed by atoms with Crippen LogP contribution in [0.1, 0.15) is 57.5 Å². The fraction of sp³-hybridized carbons (Fsp3) is 0.364. The van der Waals surface area contributed by atoms with Gasteiger partial charge in [-0.2, -0.15) is 0 Å². The summed E-state index contributed by atoms with van der Waals surface area (Å²) in [4.78, 5) is 26.8. The van der Waals surface area contributed by atoms with E-state index in [1.165, 1.54) is 0 Å². The van der Waals surface area contributed by atoms with Gasteiger partial charge in [0.15, 0.2) is 0 Å². The van der Waals surface area contributed by atoms with E-state index >= 15 is 0 Å². The molecule has 2 unspecified atom stereocenters. The first-order valence-corrected chi connectivity index (χ1v) is 10.4. The van der Waals surface area contributed by atoms with E-state index in [2.05, 4.69) is 10.6 Å². The molecule has 2 aromatic rings. The van der Waals surface area contributed by atoms with Crippen LogP contribution in [0.5, 0.6) is 11.5 Å². The van der Waals surface area contributed by atoms with Crippen LogP contribution in [-0.2, 0) is 0 Å². The maximum atomic E-state index is 13.4. The number of phenols is 2. The van der Waals surface area contributed by atoms with Gasteiger partial charge in [-0.1, -0.05) is 0 Å². The van der Waals surface area contributed by atoms with Gasteiger partial charge in [0.2, 0.25) is 11.6 Å². The molecule has 1 aliphatic rings. The fourth-order valence-corrected chi connectivity index (χ4v) is 3.77. The Labute approximate surface area is 184 Å². The average Bonchev–Trinajstić information content (AvgIpc) is 2.76. The zero-order chi connectivity index (χ0) is 23.4. The van der Waals surface area contributed by atoms with Gasteiger partial charge in [0.25, 0.3) is 0 Å². The quantitative estimate of drug-likeness (QED) is 0.164. The molecule has 32 heavy (non-hydrogen) atoms. The lowest BCUT2D eigenvalue weighted by atomic mass is 9.81. The normalized spacial score (nSPS) is 14.5. The summed E-state index contributed by atoms with van der Waals surface area (Å²) in [5, 5.41) is 44.6. The van der Waals surface area contributed by atoms with E-state index in [-0.39, 0.29) is 46.8 Å². The van der Waals surface area contributed by atoms with Crippen molar-refractivity contribution in [1.29, 1.82) is 0 Å². The lowest BCUT2D eigenvalue weighted by Crippen LogP contribution is -2.34. The van der Waals surface area contributed by atoms with Crippen molar-refractivity contribution >= 4 is 22.9 Å². The predicted octanol–water partition coefficient (Wildman–Crippen LogP) is 0.812. The Morgan fingerprint density at radius 1 is 0.688 bits per heavy atom.